The Morgan fingerprint density at radius 2 is 1.30 bits per heavy atom. The van der Waals surface area contributed by atoms with Gasteiger partial charge in [0.05, 0.1) is 6.67 Å². The molecule has 5 heteroatoms. The maximum absolute atomic E-state index is 6.61. The zero-order chi connectivity index (χ0) is 22.2. The zero-order valence-corrected chi connectivity index (χ0v) is 21.1. The van der Waals surface area contributed by atoms with E-state index in [0.29, 0.717) is 0 Å². The summed E-state index contributed by atoms with van der Waals surface area (Å²) in [5.41, 5.74) is 6.54. The first kappa shape index (κ1) is 27.8. The van der Waals surface area contributed by atoms with Gasteiger partial charge in [-0.25, -0.2) is 0 Å². The molecule has 0 radical (unpaired) electrons. The molecule has 2 atom stereocenters. The summed E-state index contributed by atoms with van der Waals surface area (Å²) >= 11 is 0. The Hall–Kier alpha value is -0.200. The van der Waals surface area contributed by atoms with E-state index in [1.807, 2.05) is 0 Å². The molecule has 2 fully saturated rings. The summed E-state index contributed by atoms with van der Waals surface area (Å²) in [6, 6.07) is 0. The van der Waals surface area contributed by atoms with Crippen molar-refractivity contribution in [3.05, 3.63) is 0 Å². The molecule has 2 aliphatic heterocycles. The summed E-state index contributed by atoms with van der Waals surface area (Å²) in [4.78, 5) is 5.28. The predicted molar refractivity (Wildman–Crippen MR) is 133 cm³/mol. The fourth-order valence-corrected chi connectivity index (χ4v) is 4.87. The van der Waals surface area contributed by atoms with E-state index in [0.717, 1.165) is 38.3 Å². The van der Waals surface area contributed by atoms with Crippen molar-refractivity contribution in [1.82, 2.24) is 20.4 Å². The van der Waals surface area contributed by atoms with E-state index >= 15 is 0 Å². The molecule has 2 rings (SSSR count). The fourth-order valence-electron chi connectivity index (χ4n) is 4.87. The maximum atomic E-state index is 6.61. The molecule has 2 saturated heterocycles. The van der Waals surface area contributed by atoms with Crippen LogP contribution in [0.2, 0.25) is 0 Å². The molecule has 2 unspecified atom stereocenters. The highest BCUT2D eigenvalue weighted by molar-refractivity contribution is 4.91. The molecule has 4 N–H and O–H groups in total. The van der Waals surface area contributed by atoms with E-state index in [2.05, 4.69) is 55.1 Å². The second kappa shape index (κ2) is 16.4. The van der Waals surface area contributed by atoms with E-state index in [4.69, 9.17) is 5.73 Å². The van der Waals surface area contributed by atoms with E-state index in [9.17, 15) is 0 Å². The van der Waals surface area contributed by atoms with Crippen LogP contribution < -0.4 is 16.4 Å². The zero-order valence-electron chi connectivity index (χ0n) is 21.1. The molecule has 30 heavy (non-hydrogen) atoms. The minimum Gasteiger partial charge on any atom is -0.323 e. The van der Waals surface area contributed by atoms with Crippen molar-refractivity contribution < 1.29 is 0 Å². The van der Waals surface area contributed by atoms with Gasteiger partial charge in [-0.2, -0.15) is 0 Å². The number of nitrogens with two attached hydrogens (primary N) is 1. The van der Waals surface area contributed by atoms with Crippen molar-refractivity contribution in [2.75, 3.05) is 52.6 Å². The monoisotopic (exact) mass is 425 g/mol. The van der Waals surface area contributed by atoms with Crippen molar-refractivity contribution in [2.45, 2.75) is 97.9 Å². The lowest BCUT2D eigenvalue weighted by Crippen LogP contribution is -2.63. The van der Waals surface area contributed by atoms with Crippen LogP contribution in [0, 0.1) is 11.8 Å². The summed E-state index contributed by atoms with van der Waals surface area (Å²) in [6.45, 7) is 20.6. The average molecular weight is 426 g/mol. The quantitative estimate of drug-likeness (QED) is 0.437. The van der Waals surface area contributed by atoms with Gasteiger partial charge in [-0.05, 0) is 51.1 Å². The Morgan fingerprint density at radius 1 is 0.833 bits per heavy atom. The van der Waals surface area contributed by atoms with Crippen LogP contribution in [0.25, 0.3) is 0 Å². The molecule has 5 nitrogen and oxygen atoms in total. The SMILES string of the molecule is C1CNCNC1.CCCCC(CC)CN1CN(CC(CC)CCCC)CC(C)(N)C1. The largest absolute Gasteiger partial charge is 0.323 e. The molecule has 0 aromatic rings. The third-order valence-electron chi connectivity index (χ3n) is 6.65. The molecule has 0 spiro atoms. The number of unbranched alkanes of at least 4 members (excludes halogenated alkanes) is 2. The number of nitrogens with one attached hydrogen (secondary N) is 2. The maximum Gasteiger partial charge on any atom is 0.0507 e. The first-order chi connectivity index (χ1) is 14.4. The van der Waals surface area contributed by atoms with Gasteiger partial charge in [-0.1, -0.05) is 66.2 Å². The van der Waals surface area contributed by atoms with E-state index in [-0.39, 0.29) is 5.54 Å². The van der Waals surface area contributed by atoms with Crippen LogP contribution in [0.1, 0.15) is 92.4 Å². The van der Waals surface area contributed by atoms with Crippen molar-refractivity contribution in [2.24, 2.45) is 17.6 Å². The summed E-state index contributed by atoms with van der Waals surface area (Å²) in [5.74, 6) is 1.67. The Bertz CT molecular complexity index is 357. The van der Waals surface area contributed by atoms with Crippen LogP contribution in [-0.2, 0) is 0 Å². The van der Waals surface area contributed by atoms with Gasteiger partial charge in [0, 0.05) is 38.4 Å². The number of rotatable bonds is 12. The number of hydrogen-bond acceptors (Lipinski definition) is 5. The lowest BCUT2D eigenvalue weighted by atomic mass is 9.94. The molecule has 0 aromatic heterocycles. The molecule has 0 aromatic carbocycles. The minimum atomic E-state index is -0.0651. The second-order valence-corrected chi connectivity index (χ2v) is 10.2. The summed E-state index contributed by atoms with van der Waals surface area (Å²) in [5, 5.41) is 6.35. The van der Waals surface area contributed by atoms with Gasteiger partial charge >= 0.3 is 0 Å². The highest BCUT2D eigenvalue weighted by Gasteiger charge is 2.33. The lowest BCUT2D eigenvalue weighted by Gasteiger charge is -2.46. The van der Waals surface area contributed by atoms with Gasteiger partial charge < -0.3 is 16.4 Å². The van der Waals surface area contributed by atoms with Crippen LogP contribution in [-0.4, -0.2) is 67.9 Å². The summed E-state index contributed by atoms with van der Waals surface area (Å²) in [7, 11) is 0. The topological polar surface area (TPSA) is 56.6 Å². The Balaban J connectivity index is 0.000000637. The molecule has 2 heterocycles. The van der Waals surface area contributed by atoms with Crippen LogP contribution >= 0.6 is 0 Å². The predicted octanol–water partition coefficient (Wildman–Crippen LogP) is 4.24. The van der Waals surface area contributed by atoms with Crippen molar-refractivity contribution >= 4 is 0 Å². The smallest absolute Gasteiger partial charge is 0.0507 e. The van der Waals surface area contributed by atoms with Gasteiger partial charge in [-0.15, -0.1) is 0 Å². The van der Waals surface area contributed by atoms with Crippen molar-refractivity contribution in [1.29, 1.82) is 0 Å². The van der Waals surface area contributed by atoms with Crippen LogP contribution in [0.4, 0.5) is 0 Å². The normalized spacial score (nSPS) is 25.4. The number of nitrogens with zero attached hydrogens (tertiary/aromatic N) is 2. The molecular formula is C25H55N5. The summed E-state index contributed by atoms with van der Waals surface area (Å²) in [6.07, 6.45) is 12.0. The van der Waals surface area contributed by atoms with Crippen LogP contribution in [0.3, 0.4) is 0 Å². The highest BCUT2D eigenvalue weighted by atomic mass is 15.4. The third-order valence-corrected chi connectivity index (χ3v) is 6.65. The van der Waals surface area contributed by atoms with Gasteiger partial charge in [0.15, 0.2) is 0 Å². The third kappa shape index (κ3) is 12.6. The van der Waals surface area contributed by atoms with E-state index in [1.165, 1.54) is 84.0 Å². The van der Waals surface area contributed by atoms with Gasteiger partial charge in [0.25, 0.3) is 0 Å². The molecule has 0 bridgehead atoms. The second-order valence-electron chi connectivity index (χ2n) is 10.2. The van der Waals surface area contributed by atoms with Crippen molar-refractivity contribution in [3.63, 3.8) is 0 Å². The Morgan fingerprint density at radius 3 is 1.60 bits per heavy atom. The Kier molecular flexibility index (Phi) is 15.2. The van der Waals surface area contributed by atoms with Crippen LogP contribution in [0.5, 0.6) is 0 Å². The molecular weight excluding hydrogens is 370 g/mol. The fraction of sp³-hybridized carbons (Fsp3) is 1.00. The van der Waals surface area contributed by atoms with E-state index in [1.54, 1.807) is 0 Å². The van der Waals surface area contributed by atoms with Gasteiger partial charge in [-0.3, -0.25) is 9.80 Å². The molecule has 0 amide bonds. The first-order valence-corrected chi connectivity index (χ1v) is 13.1. The average Bonchev–Trinajstić information content (AvgIpc) is 2.74. The van der Waals surface area contributed by atoms with Crippen molar-refractivity contribution in [3.8, 4) is 0 Å². The standard InChI is InChI=1S/C21H45N3.C4H10N2/c1-6-10-12-19(8-3)14-23-16-21(5,22)17-24(18-23)15-20(9-4)13-11-7-2;1-2-5-4-6-3-1/h19-20H,6-18,22H2,1-5H3;5-6H,1-4H2. The number of hydrogen-bond donors (Lipinski definition) is 3. The van der Waals surface area contributed by atoms with Gasteiger partial charge in [0.2, 0.25) is 0 Å². The molecule has 0 aliphatic carbocycles. The molecule has 180 valence electrons. The van der Waals surface area contributed by atoms with Crippen LogP contribution in [0.15, 0.2) is 0 Å². The van der Waals surface area contributed by atoms with Gasteiger partial charge in [0.1, 0.15) is 0 Å². The summed E-state index contributed by atoms with van der Waals surface area (Å²) < 4.78 is 0. The minimum absolute atomic E-state index is 0.0651. The van der Waals surface area contributed by atoms with E-state index < -0.39 is 0 Å². The molecule has 2 aliphatic rings. The molecule has 0 saturated carbocycles. The lowest BCUT2D eigenvalue weighted by molar-refractivity contribution is 0.0182. The Labute approximate surface area is 188 Å². The highest BCUT2D eigenvalue weighted by Crippen LogP contribution is 2.22. The first-order valence-electron chi connectivity index (χ1n) is 13.1.